The van der Waals surface area contributed by atoms with E-state index in [1.54, 1.807) is 55.4 Å². The number of nitrogens with two attached hydrogens (primary N) is 3. The number of hydrogen-bond donors (Lipinski definition) is 17. The highest BCUT2D eigenvalue weighted by molar-refractivity contribution is 8.76. The minimum atomic E-state index is -1.65. The molecule has 1 aromatic carbocycles. The molecule has 0 saturated carbocycles. The summed E-state index contributed by atoms with van der Waals surface area (Å²) in [6.45, 7) is 14.4. The van der Waals surface area contributed by atoms with Gasteiger partial charge in [0.05, 0.1) is 25.2 Å². The molecule has 12 amide bonds. The summed E-state index contributed by atoms with van der Waals surface area (Å²) in [5.74, 6) is -14.6. The van der Waals surface area contributed by atoms with Gasteiger partial charge in [0.25, 0.3) is 0 Å². The van der Waals surface area contributed by atoms with Crippen molar-refractivity contribution in [2.45, 2.75) is 180 Å². The zero-order chi connectivity index (χ0) is 69.3. The van der Waals surface area contributed by atoms with Gasteiger partial charge in [0.2, 0.25) is 70.9 Å². The summed E-state index contributed by atoms with van der Waals surface area (Å²) in [6.07, 6.45) is -1.06. The van der Waals surface area contributed by atoms with Crippen molar-refractivity contribution in [3.63, 3.8) is 0 Å². The first-order valence-electron chi connectivity index (χ1n) is 30.4. The number of carboxylic acid groups (broad SMARTS) is 1. The van der Waals surface area contributed by atoms with E-state index in [1.807, 2.05) is 0 Å². The van der Waals surface area contributed by atoms with Crippen molar-refractivity contribution in [2.75, 3.05) is 37.7 Å². The van der Waals surface area contributed by atoms with Crippen molar-refractivity contribution in [3.05, 3.63) is 29.8 Å². The molecule has 2 saturated heterocycles. The van der Waals surface area contributed by atoms with Crippen LogP contribution in [0.15, 0.2) is 29.3 Å². The third kappa shape index (κ3) is 26.0. The first kappa shape index (κ1) is 78.3. The van der Waals surface area contributed by atoms with Crippen molar-refractivity contribution < 1.29 is 77.6 Å². The standard InChI is InChI=1S/C58H94N16O16S2/c1-27(2)21-38-56(88)74-20-12-14-40(74)51(83)64-23-41(77)63-24-42(78)66-37(22-33-15-17-34(76)18-16-33)50(82)71-44(29(5)6)53(85)67-36(13-11-19-62-58(60)61)49(81)70-45(30(7)8)54(86)69-39(57(89)90)26-92-91-25-35(59)48(80)73-46(32(10)75)55(87)72-43(28(3)4)52(84)65-31(9)47(79)68-38/h15-18,27-32,35-40,43-46,75-76H,11-14,19-26,59H2,1-10H3,(H,63,77)(H,64,83)(H,65,84)(H,66,78)(H,67,85)(H,68,79)(H,69,86)(H,70,81)(H,71,82)(H,72,87)(H,73,80)(H,89,90)(H4,60,61,62)/t31-,32+,35-,36-,37-,38-,39-,40-,43-,44-,45-,46-/m0/s1. The van der Waals surface area contributed by atoms with E-state index >= 15 is 0 Å². The maximum atomic E-state index is 14.3. The van der Waals surface area contributed by atoms with Crippen LogP contribution in [0.25, 0.3) is 0 Å². The molecule has 0 aliphatic carbocycles. The van der Waals surface area contributed by atoms with Crippen LogP contribution in [0.1, 0.15) is 107 Å². The highest BCUT2D eigenvalue weighted by Crippen LogP contribution is 2.24. The molecule has 0 spiro atoms. The fourth-order valence-corrected chi connectivity index (χ4v) is 11.8. The second-order valence-corrected chi connectivity index (χ2v) is 26.7. The lowest BCUT2D eigenvalue weighted by Crippen LogP contribution is -2.61. The van der Waals surface area contributed by atoms with E-state index in [-0.39, 0.29) is 74.3 Å². The number of aliphatic imine (C=N–C) groups is 1. The Kier molecular flexibility index (Phi) is 32.4. The third-order valence-corrected chi connectivity index (χ3v) is 17.2. The molecule has 0 unspecified atom stereocenters. The van der Waals surface area contributed by atoms with Crippen LogP contribution in [0.2, 0.25) is 0 Å². The quantitative estimate of drug-likeness (QED) is 0.0385. The summed E-state index contributed by atoms with van der Waals surface area (Å²) in [7, 11) is 1.85. The van der Waals surface area contributed by atoms with Crippen LogP contribution in [0.4, 0.5) is 0 Å². The van der Waals surface area contributed by atoms with Gasteiger partial charge in [-0.1, -0.05) is 89.1 Å². The molecule has 0 bridgehead atoms. The van der Waals surface area contributed by atoms with Gasteiger partial charge >= 0.3 is 5.97 Å². The van der Waals surface area contributed by atoms with Gasteiger partial charge < -0.3 is 95.9 Å². The number of aromatic hydroxyl groups is 1. The second kappa shape index (κ2) is 38.1. The molecule has 0 aromatic heterocycles. The number of hydrogen-bond acceptors (Lipinski definition) is 19. The number of carboxylic acids is 1. The maximum absolute atomic E-state index is 14.3. The molecule has 20 N–H and O–H groups in total. The molecule has 34 heteroatoms. The number of phenols is 1. The van der Waals surface area contributed by atoms with Crippen LogP contribution < -0.4 is 75.7 Å². The highest BCUT2D eigenvalue weighted by atomic mass is 33.1. The van der Waals surface area contributed by atoms with E-state index in [9.17, 15) is 77.6 Å². The van der Waals surface area contributed by atoms with E-state index < -0.39 is 180 Å². The Morgan fingerprint density at radius 2 is 1.12 bits per heavy atom. The number of rotatable bonds is 13. The van der Waals surface area contributed by atoms with Crippen molar-refractivity contribution in [2.24, 2.45) is 45.9 Å². The average Bonchev–Trinajstić information content (AvgIpc) is 1.71. The number of aliphatic hydroxyl groups is 1. The molecule has 2 aliphatic heterocycles. The largest absolute Gasteiger partial charge is 0.508 e. The van der Waals surface area contributed by atoms with E-state index in [0.717, 1.165) is 21.6 Å². The van der Waals surface area contributed by atoms with Crippen molar-refractivity contribution in [1.82, 2.24) is 63.4 Å². The molecule has 12 atom stereocenters. The van der Waals surface area contributed by atoms with E-state index in [1.165, 1.54) is 43.0 Å². The molecule has 92 heavy (non-hydrogen) atoms. The smallest absolute Gasteiger partial charge is 0.327 e. The summed E-state index contributed by atoms with van der Waals surface area (Å²) in [5, 5.41) is 58.6. The molecule has 1 aromatic rings. The highest BCUT2D eigenvalue weighted by Gasteiger charge is 2.40. The van der Waals surface area contributed by atoms with Crippen LogP contribution in [0, 0.1) is 23.7 Å². The number of carbonyl (C=O) groups excluding carboxylic acids is 12. The Hall–Kier alpha value is -7.98. The van der Waals surface area contributed by atoms with Crippen LogP contribution in [-0.4, -0.2) is 213 Å². The zero-order valence-corrected chi connectivity index (χ0v) is 55.3. The van der Waals surface area contributed by atoms with Crippen molar-refractivity contribution >= 4 is 104 Å². The van der Waals surface area contributed by atoms with Gasteiger partial charge in [0.15, 0.2) is 5.96 Å². The van der Waals surface area contributed by atoms with E-state index in [4.69, 9.17) is 17.2 Å². The lowest BCUT2D eigenvalue weighted by Gasteiger charge is -2.30. The topological polar surface area (TPSA) is 509 Å². The summed E-state index contributed by atoms with van der Waals surface area (Å²) < 4.78 is 0. The molecule has 0 radical (unpaired) electrons. The molecule has 32 nitrogen and oxygen atoms in total. The summed E-state index contributed by atoms with van der Waals surface area (Å²) in [6, 6.07) is -9.44. The fourth-order valence-electron chi connectivity index (χ4n) is 9.51. The number of benzene rings is 1. The summed E-state index contributed by atoms with van der Waals surface area (Å²) in [4.78, 5) is 184. The molecule has 2 fully saturated rings. The predicted molar refractivity (Wildman–Crippen MR) is 342 cm³/mol. The number of fused-ring (bicyclic) bond motifs is 1. The van der Waals surface area contributed by atoms with E-state index in [0.29, 0.717) is 12.0 Å². The normalized spacial score (nSPS) is 26.7. The Bertz CT molecular complexity index is 2790. The minimum absolute atomic E-state index is 0.00212. The summed E-state index contributed by atoms with van der Waals surface area (Å²) in [5.41, 5.74) is 17.7. The predicted octanol–water partition coefficient (Wildman–Crippen LogP) is -4.20. The Labute approximate surface area is 542 Å². The van der Waals surface area contributed by atoms with E-state index in [2.05, 4.69) is 63.5 Å². The zero-order valence-electron chi connectivity index (χ0n) is 53.6. The number of amides is 12. The van der Waals surface area contributed by atoms with Crippen LogP contribution in [0.5, 0.6) is 5.75 Å². The minimum Gasteiger partial charge on any atom is -0.508 e. The second-order valence-electron chi connectivity index (χ2n) is 24.1. The lowest BCUT2D eigenvalue weighted by molar-refractivity contribution is -0.142. The third-order valence-electron chi connectivity index (χ3n) is 14.7. The van der Waals surface area contributed by atoms with Crippen LogP contribution in [-0.2, 0) is 68.7 Å². The fraction of sp³-hybridized carbons (Fsp3) is 0.655. The lowest BCUT2D eigenvalue weighted by atomic mass is 9.99. The number of nitrogens with zero attached hydrogens (tertiary/aromatic N) is 2. The molecule has 514 valence electrons. The van der Waals surface area contributed by atoms with Crippen molar-refractivity contribution in [3.8, 4) is 5.75 Å². The van der Waals surface area contributed by atoms with Gasteiger partial charge in [-0.2, -0.15) is 0 Å². The first-order chi connectivity index (χ1) is 43.1. The van der Waals surface area contributed by atoms with Gasteiger partial charge in [-0.25, -0.2) is 4.79 Å². The number of guanidine groups is 1. The maximum Gasteiger partial charge on any atom is 0.327 e. The molecular formula is C58H94N16O16S2. The number of nitrogens with one attached hydrogen (secondary N) is 11. The van der Waals surface area contributed by atoms with Gasteiger partial charge in [0.1, 0.15) is 66.2 Å². The SMILES string of the molecule is CC(C)C[C@@H]1NC(=O)[C@H](C)NC(=O)[C@H](C(C)C)NC(=O)[C@H]([C@@H](C)O)NC(=O)[C@@H](N)CSSC[C@@H](C(=O)O)NC(=O)[C@H](C(C)C)NC(=O)[C@H](CCCN=C(N)N)NC(=O)[C@H](C(C)C)NC(=O)[C@H](Cc2ccc(O)cc2)NC(=O)CNC(=O)CNC(=O)[C@@H]2CCCN2C1=O. The number of phenolic OH excluding ortho intramolecular Hbond substituents is 1. The Balaban J connectivity index is 2.03. The van der Waals surface area contributed by atoms with Gasteiger partial charge in [0, 0.05) is 31.0 Å². The Morgan fingerprint density at radius 1 is 0.609 bits per heavy atom. The molecule has 3 rings (SSSR count). The average molecular weight is 1340 g/mol. The number of carbonyl (C=O) groups is 13. The Morgan fingerprint density at radius 3 is 1.67 bits per heavy atom. The monoisotopic (exact) mass is 1330 g/mol. The molecule has 2 heterocycles. The summed E-state index contributed by atoms with van der Waals surface area (Å²) >= 11 is 0. The molecular weight excluding hydrogens is 1240 g/mol. The number of aliphatic carboxylic acids is 1. The van der Waals surface area contributed by atoms with Gasteiger partial charge in [-0.05, 0) is 87.3 Å². The van der Waals surface area contributed by atoms with Gasteiger partial charge in [-0.3, -0.25) is 62.5 Å². The molecule has 2 aliphatic rings. The number of aliphatic hydroxyl groups excluding tert-OH is 1. The van der Waals surface area contributed by atoms with Crippen LogP contribution >= 0.6 is 21.6 Å². The van der Waals surface area contributed by atoms with Crippen molar-refractivity contribution in [1.29, 1.82) is 0 Å². The first-order valence-corrected chi connectivity index (χ1v) is 32.9. The van der Waals surface area contributed by atoms with Crippen LogP contribution in [0.3, 0.4) is 0 Å². The van der Waals surface area contributed by atoms with Gasteiger partial charge in [-0.15, -0.1) is 0 Å².